The molecule has 0 fully saturated rings. The smallest absolute Gasteiger partial charge is 0.305 e. The van der Waals surface area contributed by atoms with Crippen molar-refractivity contribution < 1.29 is 14.6 Å². The molecule has 0 rings (SSSR count). The topological polar surface area (TPSA) is 46.5 Å². The van der Waals surface area contributed by atoms with Crippen LogP contribution < -0.4 is 0 Å². The summed E-state index contributed by atoms with van der Waals surface area (Å²) in [5.41, 5.74) is 0. The van der Waals surface area contributed by atoms with E-state index in [1.807, 2.05) is 13.8 Å². The molecular formula is C15H30O3. The highest BCUT2D eigenvalue weighted by molar-refractivity contribution is 5.69. The molecule has 1 N–H and O–H groups in total. The molecule has 0 radical (unpaired) electrons. The quantitative estimate of drug-likeness (QED) is 0.427. The summed E-state index contributed by atoms with van der Waals surface area (Å²) >= 11 is 0. The monoisotopic (exact) mass is 258 g/mol. The van der Waals surface area contributed by atoms with Crippen LogP contribution in [0.5, 0.6) is 0 Å². The molecule has 0 aliphatic carbocycles. The Morgan fingerprint density at radius 1 is 1.00 bits per heavy atom. The van der Waals surface area contributed by atoms with Crippen LogP contribution in [0.4, 0.5) is 0 Å². The van der Waals surface area contributed by atoms with E-state index in [-0.39, 0.29) is 12.1 Å². The van der Waals surface area contributed by atoms with Crippen LogP contribution in [-0.2, 0) is 9.53 Å². The predicted octanol–water partition coefficient (Wildman–Crippen LogP) is 3.83. The molecule has 3 nitrogen and oxygen atoms in total. The minimum atomic E-state index is -0.145. The highest BCUT2D eigenvalue weighted by Crippen LogP contribution is 2.11. The van der Waals surface area contributed by atoms with Crippen LogP contribution >= 0.6 is 0 Å². The zero-order valence-corrected chi connectivity index (χ0v) is 12.1. The van der Waals surface area contributed by atoms with Crippen molar-refractivity contribution in [1.29, 1.82) is 0 Å². The third-order valence-electron chi connectivity index (χ3n) is 3.06. The van der Waals surface area contributed by atoms with Gasteiger partial charge in [0.05, 0.1) is 12.7 Å². The number of carbonyl (C=O) groups excluding carboxylic acids is 1. The normalized spacial score (nSPS) is 12.4. The second kappa shape index (κ2) is 12.9. The van der Waals surface area contributed by atoms with Gasteiger partial charge in [0.25, 0.3) is 0 Å². The Hall–Kier alpha value is -0.570. The van der Waals surface area contributed by atoms with E-state index >= 15 is 0 Å². The van der Waals surface area contributed by atoms with Crippen molar-refractivity contribution in [2.24, 2.45) is 0 Å². The Balaban J connectivity index is 3.05. The molecule has 1 unspecified atom stereocenters. The van der Waals surface area contributed by atoms with Gasteiger partial charge in [0.15, 0.2) is 0 Å². The molecule has 0 aliphatic rings. The summed E-state index contributed by atoms with van der Waals surface area (Å²) in [6.07, 6.45) is 10.8. The second-order valence-corrected chi connectivity index (χ2v) is 5.02. The first-order chi connectivity index (χ1) is 8.66. The molecule has 0 aromatic heterocycles. The summed E-state index contributed by atoms with van der Waals surface area (Å²) in [6, 6.07) is 0. The van der Waals surface area contributed by atoms with E-state index in [1.54, 1.807) is 0 Å². The van der Waals surface area contributed by atoms with Crippen LogP contribution in [0, 0.1) is 0 Å². The number of ether oxygens (including phenoxy) is 1. The standard InChI is InChI=1S/C15H30O3/c1-3-18-15(17)13-11-9-7-5-4-6-8-10-12-14(2)16/h14,16H,3-13H2,1-2H3. The summed E-state index contributed by atoms with van der Waals surface area (Å²) in [4.78, 5) is 11.1. The molecule has 0 aromatic carbocycles. The van der Waals surface area contributed by atoms with E-state index in [4.69, 9.17) is 9.84 Å². The van der Waals surface area contributed by atoms with Crippen molar-refractivity contribution >= 4 is 5.97 Å². The number of unbranched alkanes of at least 4 members (excludes halogenated alkanes) is 7. The van der Waals surface area contributed by atoms with Gasteiger partial charge in [-0.3, -0.25) is 4.79 Å². The van der Waals surface area contributed by atoms with Crippen molar-refractivity contribution in [2.45, 2.75) is 84.2 Å². The van der Waals surface area contributed by atoms with Crippen molar-refractivity contribution in [3.63, 3.8) is 0 Å². The number of hydrogen-bond donors (Lipinski definition) is 1. The zero-order chi connectivity index (χ0) is 13.6. The average Bonchev–Trinajstić information content (AvgIpc) is 2.31. The number of hydrogen-bond acceptors (Lipinski definition) is 3. The Morgan fingerprint density at radius 3 is 2.00 bits per heavy atom. The number of esters is 1. The Morgan fingerprint density at radius 2 is 1.50 bits per heavy atom. The lowest BCUT2D eigenvalue weighted by Crippen LogP contribution is -2.03. The van der Waals surface area contributed by atoms with Crippen LogP contribution in [0.1, 0.15) is 78.1 Å². The molecule has 108 valence electrons. The molecular weight excluding hydrogens is 228 g/mol. The Labute approximate surface area is 112 Å². The lowest BCUT2D eigenvalue weighted by atomic mass is 10.1. The van der Waals surface area contributed by atoms with Gasteiger partial charge >= 0.3 is 5.97 Å². The summed E-state index contributed by atoms with van der Waals surface area (Å²) < 4.78 is 4.87. The van der Waals surface area contributed by atoms with Gasteiger partial charge in [0.2, 0.25) is 0 Å². The average molecular weight is 258 g/mol. The molecule has 0 saturated carbocycles. The van der Waals surface area contributed by atoms with E-state index in [2.05, 4.69) is 0 Å². The maximum absolute atomic E-state index is 11.1. The Bertz CT molecular complexity index is 190. The van der Waals surface area contributed by atoms with Gasteiger partial charge < -0.3 is 9.84 Å². The maximum Gasteiger partial charge on any atom is 0.305 e. The van der Waals surface area contributed by atoms with Gasteiger partial charge in [0.1, 0.15) is 0 Å². The lowest BCUT2D eigenvalue weighted by Gasteiger charge is -2.04. The van der Waals surface area contributed by atoms with Gasteiger partial charge in [-0.1, -0.05) is 44.9 Å². The van der Waals surface area contributed by atoms with Gasteiger partial charge in [-0.05, 0) is 26.7 Å². The van der Waals surface area contributed by atoms with Crippen LogP contribution in [0.2, 0.25) is 0 Å². The van der Waals surface area contributed by atoms with E-state index in [0.29, 0.717) is 13.0 Å². The SMILES string of the molecule is CCOC(=O)CCCCCCCCCCC(C)O. The largest absolute Gasteiger partial charge is 0.466 e. The third kappa shape index (κ3) is 13.5. The first kappa shape index (κ1) is 17.4. The summed E-state index contributed by atoms with van der Waals surface area (Å²) in [5.74, 6) is -0.0596. The van der Waals surface area contributed by atoms with Gasteiger partial charge in [-0.15, -0.1) is 0 Å². The van der Waals surface area contributed by atoms with Gasteiger partial charge in [0, 0.05) is 6.42 Å². The molecule has 0 aliphatic heterocycles. The van der Waals surface area contributed by atoms with Crippen molar-refractivity contribution in [3.05, 3.63) is 0 Å². The molecule has 0 amide bonds. The number of rotatable bonds is 12. The first-order valence-electron chi connectivity index (χ1n) is 7.50. The van der Waals surface area contributed by atoms with E-state index in [0.717, 1.165) is 25.7 Å². The minimum absolute atomic E-state index is 0.0596. The fourth-order valence-corrected chi connectivity index (χ4v) is 2.00. The molecule has 3 heteroatoms. The number of carbonyl (C=O) groups is 1. The summed E-state index contributed by atoms with van der Waals surface area (Å²) in [6.45, 7) is 4.18. The lowest BCUT2D eigenvalue weighted by molar-refractivity contribution is -0.143. The fraction of sp³-hybridized carbons (Fsp3) is 0.933. The molecule has 0 bridgehead atoms. The Kier molecular flexibility index (Phi) is 12.5. The molecule has 0 saturated heterocycles. The van der Waals surface area contributed by atoms with Crippen molar-refractivity contribution in [2.75, 3.05) is 6.61 Å². The third-order valence-corrected chi connectivity index (χ3v) is 3.06. The number of aliphatic hydroxyl groups is 1. The van der Waals surface area contributed by atoms with Crippen molar-refractivity contribution in [1.82, 2.24) is 0 Å². The van der Waals surface area contributed by atoms with Crippen molar-refractivity contribution in [3.8, 4) is 0 Å². The van der Waals surface area contributed by atoms with Crippen LogP contribution in [-0.4, -0.2) is 23.8 Å². The first-order valence-corrected chi connectivity index (χ1v) is 7.50. The van der Waals surface area contributed by atoms with Gasteiger partial charge in [-0.2, -0.15) is 0 Å². The molecule has 0 spiro atoms. The van der Waals surface area contributed by atoms with Crippen LogP contribution in [0.3, 0.4) is 0 Å². The molecule has 0 aromatic rings. The second-order valence-electron chi connectivity index (χ2n) is 5.02. The maximum atomic E-state index is 11.1. The highest BCUT2D eigenvalue weighted by atomic mass is 16.5. The van der Waals surface area contributed by atoms with E-state index in [1.165, 1.54) is 32.1 Å². The number of aliphatic hydroxyl groups excluding tert-OH is 1. The molecule has 0 heterocycles. The van der Waals surface area contributed by atoms with E-state index < -0.39 is 0 Å². The molecule has 1 atom stereocenters. The highest BCUT2D eigenvalue weighted by Gasteiger charge is 2.00. The van der Waals surface area contributed by atoms with Crippen LogP contribution in [0.15, 0.2) is 0 Å². The van der Waals surface area contributed by atoms with E-state index in [9.17, 15) is 4.79 Å². The fourth-order valence-electron chi connectivity index (χ4n) is 2.00. The zero-order valence-electron chi connectivity index (χ0n) is 12.1. The molecule has 18 heavy (non-hydrogen) atoms. The van der Waals surface area contributed by atoms with Crippen LogP contribution in [0.25, 0.3) is 0 Å². The van der Waals surface area contributed by atoms with Gasteiger partial charge in [-0.25, -0.2) is 0 Å². The minimum Gasteiger partial charge on any atom is -0.466 e. The summed E-state index contributed by atoms with van der Waals surface area (Å²) in [5, 5.41) is 9.10. The summed E-state index contributed by atoms with van der Waals surface area (Å²) in [7, 11) is 0. The predicted molar refractivity (Wildman–Crippen MR) is 74.5 cm³/mol.